The number of alkyl halides is 3. The molecule has 172 valence electrons. The third kappa shape index (κ3) is 5.88. The first-order valence-electron chi connectivity index (χ1n) is 10.8. The molecule has 3 rings (SSSR count). The smallest absolute Gasteiger partial charge is 0.341 e. The van der Waals surface area contributed by atoms with E-state index in [9.17, 15) is 22.8 Å². The Morgan fingerprint density at radius 2 is 1.62 bits per heavy atom. The third-order valence-corrected chi connectivity index (χ3v) is 5.64. The SMILES string of the molecule is CCN(CC(=O)Nc1ccccc1C(F)(F)F)C(C(=O)N1CCCCC1)c1ccccc1. The minimum absolute atomic E-state index is 0.0822. The van der Waals surface area contributed by atoms with E-state index in [1.807, 2.05) is 42.2 Å². The largest absolute Gasteiger partial charge is 0.418 e. The van der Waals surface area contributed by atoms with E-state index >= 15 is 0 Å². The maximum atomic E-state index is 13.4. The van der Waals surface area contributed by atoms with Crippen molar-refractivity contribution < 1.29 is 22.8 Å². The Kier molecular flexibility index (Phi) is 7.90. The molecule has 0 aliphatic carbocycles. The van der Waals surface area contributed by atoms with Crippen molar-refractivity contribution in [2.45, 2.75) is 38.4 Å². The summed E-state index contributed by atoms with van der Waals surface area (Å²) in [5.74, 6) is -0.683. The first-order chi connectivity index (χ1) is 15.3. The molecule has 5 nitrogen and oxygen atoms in total. The fourth-order valence-corrected chi connectivity index (χ4v) is 4.03. The Balaban J connectivity index is 1.82. The Hall–Kier alpha value is -2.87. The van der Waals surface area contributed by atoms with E-state index in [1.165, 1.54) is 18.2 Å². The number of nitrogens with zero attached hydrogens (tertiary/aromatic N) is 2. The number of amides is 2. The summed E-state index contributed by atoms with van der Waals surface area (Å²) in [5, 5.41) is 2.38. The average Bonchev–Trinajstić information content (AvgIpc) is 2.79. The van der Waals surface area contributed by atoms with E-state index in [0.717, 1.165) is 30.9 Å². The molecule has 1 unspecified atom stereocenters. The number of hydrogen-bond acceptors (Lipinski definition) is 3. The van der Waals surface area contributed by atoms with Gasteiger partial charge in [0, 0.05) is 13.1 Å². The standard InChI is InChI=1S/C24H28F3N3O2/c1-2-29(17-21(31)28-20-14-8-7-13-19(20)24(25,26)27)22(18-11-5-3-6-12-18)23(32)30-15-9-4-10-16-30/h3,5-8,11-14,22H,2,4,9-10,15-17H2,1H3,(H,28,31). The van der Waals surface area contributed by atoms with Crippen LogP contribution in [0.2, 0.25) is 0 Å². The number of benzene rings is 2. The van der Waals surface area contributed by atoms with Gasteiger partial charge in [-0.15, -0.1) is 0 Å². The number of carbonyl (C=O) groups is 2. The number of rotatable bonds is 7. The molecule has 2 aromatic carbocycles. The van der Waals surface area contributed by atoms with E-state index in [2.05, 4.69) is 5.32 Å². The average molecular weight is 448 g/mol. The first kappa shape index (κ1) is 23.8. The molecule has 0 radical (unpaired) electrons. The Bertz CT molecular complexity index is 912. The Labute approximate surface area is 186 Å². The van der Waals surface area contributed by atoms with E-state index in [0.29, 0.717) is 19.6 Å². The van der Waals surface area contributed by atoms with E-state index < -0.39 is 23.7 Å². The minimum Gasteiger partial charge on any atom is -0.341 e. The number of para-hydroxylation sites is 1. The number of nitrogens with one attached hydrogen (secondary N) is 1. The van der Waals surface area contributed by atoms with Gasteiger partial charge in [0.25, 0.3) is 0 Å². The van der Waals surface area contributed by atoms with Crippen LogP contribution in [0.5, 0.6) is 0 Å². The van der Waals surface area contributed by atoms with Gasteiger partial charge >= 0.3 is 6.18 Å². The molecule has 1 atom stereocenters. The molecule has 2 aromatic rings. The van der Waals surface area contributed by atoms with Crippen molar-refractivity contribution in [2.24, 2.45) is 0 Å². The molecule has 1 heterocycles. The molecule has 0 aromatic heterocycles. The summed E-state index contributed by atoms with van der Waals surface area (Å²) in [6.45, 7) is 3.35. The van der Waals surface area contributed by atoms with Gasteiger partial charge in [0.1, 0.15) is 6.04 Å². The molecule has 8 heteroatoms. The van der Waals surface area contributed by atoms with Crippen molar-refractivity contribution in [3.8, 4) is 0 Å². The highest BCUT2D eigenvalue weighted by Crippen LogP contribution is 2.34. The van der Waals surface area contributed by atoms with Crippen molar-refractivity contribution in [1.29, 1.82) is 0 Å². The van der Waals surface area contributed by atoms with Crippen LogP contribution in [0.4, 0.5) is 18.9 Å². The number of likely N-dealkylation sites (N-methyl/N-ethyl adjacent to an activating group) is 1. The lowest BCUT2D eigenvalue weighted by Gasteiger charge is -2.35. The van der Waals surface area contributed by atoms with Gasteiger partial charge in [-0.25, -0.2) is 0 Å². The third-order valence-electron chi connectivity index (χ3n) is 5.64. The van der Waals surface area contributed by atoms with Crippen molar-refractivity contribution in [3.05, 3.63) is 65.7 Å². The van der Waals surface area contributed by atoms with Crippen LogP contribution in [0.15, 0.2) is 54.6 Å². The van der Waals surface area contributed by atoms with Crippen molar-refractivity contribution in [2.75, 3.05) is 31.5 Å². The van der Waals surface area contributed by atoms with E-state index in [1.54, 1.807) is 4.90 Å². The van der Waals surface area contributed by atoms with Gasteiger partial charge in [-0.05, 0) is 43.5 Å². The lowest BCUT2D eigenvalue weighted by Crippen LogP contribution is -2.47. The molecular weight excluding hydrogens is 419 g/mol. The van der Waals surface area contributed by atoms with Gasteiger partial charge in [-0.2, -0.15) is 13.2 Å². The van der Waals surface area contributed by atoms with E-state index in [4.69, 9.17) is 0 Å². The summed E-state index contributed by atoms with van der Waals surface area (Å²) in [6, 6.07) is 13.4. The van der Waals surface area contributed by atoms with Crippen LogP contribution < -0.4 is 5.32 Å². The minimum atomic E-state index is -4.58. The van der Waals surface area contributed by atoms with Gasteiger partial charge in [0.2, 0.25) is 11.8 Å². The maximum Gasteiger partial charge on any atom is 0.418 e. The number of anilines is 1. The number of likely N-dealkylation sites (tertiary alicyclic amines) is 1. The number of hydrogen-bond donors (Lipinski definition) is 1. The second-order valence-corrected chi connectivity index (χ2v) is 7.85. The number of halogens is 3. The Morgan fingerprint density at radius 1 is 1.00 bits per heavy atom. The van der Waals surface area contributed by atoms with Crippen LogP contribution >= 0.6 is 0 Å². The second kappa shape index (κ2) is 10.6. The monoisotopic (exact) mass is 447 g/mol. The molecule has 32 heavy (non-hydrogen) atoms. The highest BCUT2D eigenvalue weighted by molar-refractivity contribution is 5.93. The number of carbonyl (C=O) groups excluding carboxylic acids is 2. The van der Waals surface area contributed by atoms with Crippen LogP contribution in [0.1, 0.15) is 43.4 Å². The normalized spacial score (nSPS) is 15.5. The van der Waals surface area contributed by atoms with Crippen molar-refractivity contribution in [1.82, 2.24) is 9.80 Å². The molecule has 1 fully saturated rings. The molecule has 0 spiro atoms. The lowest BCUT2D eigenvalue weighted by molar-refractivity contribution is -0.139. The fourth-order valence-electron chi connectivity index (χ4n) is 4.03. The molecular formula is C24H28F3N3O2. The van der Waals surface area contributed by atoms with Crippen LogP contribution in [0.3, 0.4) is 0 Å². The summed E-state index contributed by atoms with van der Waals surface area (Å²) >= 11 is 0. The molecule has 1 N–H and O–H groups in total. The highest BCUT2D eigenvalue weighted by atomic mass is 19.4. The molecule has 1 aliphatic heterocycles. The lowest BCUT2D eigenvalue weighted by atomic mass is 10.0. The van der Waals surface area contributed by atoms with Crippen LogP contribution in [0, 0.1) is 0 Å². The van der Waals surface area contributed by atoms with Gasteiger partial charge in [0.05, 0.1) is 17.8 Å². The zero-order valence-electron chi connectivity index (χ0n) is 18.1. The predicted molar refractivity (Wildman–Crippen MR) is 117 cm³/mol. The summed E-state index contributed by atoms with van der Waals surface area (Å²) in [7, 11) is 0. The van der Waals surface area contributed by atoms with Crippen LogP contribution in [-0.4, -0.2) is 47.8 Å². The van der Waals surface area contributed by atoms with E-state index in [-0.39, 0.29) is 18.1 Å². The number of piperidine rings is 1. The predicted octanol–water partition coefficient (Wildman–Crippen LogP) is 4.72. The Morgan fingerprint density at radius 3 is 2.25 bits per heavy atom. The summed E-state index contributed by atoms with van der Waals surface area (Å²) in [5.41, 5.74) is -0.437. The van der Waals surface area contributed by atoms with Gasteiger partial charge in [-0.3, -0.25) is 14.5 Å². The van der Waals surface area contributed by atoms with Gasteiger partial charge in [-0.1, -0.05) is 49.4 Å². The topological polar surface area (TPSA) is 52.7 Å². The summed E-state index contributed by atoms with van der Waals surface area (Å²) < 4.78 is 39.8. The summed E-state index contributed by atoms with van der Waals surface area (Å²) in [6.07, 6.45) is -1.62. The molecule has 0 saturated carbocycles. The molecule has 2 amide bonds. The second-order valence-electron chi connectivity index (χ2n) is 7.85. The quantitative estimate of drug-likeness (QED) is 0.668. The van der Waals surface area contributed by atoms with Crippen molar-refractivity contribution >= 4 is 17.5 Å². The fraction of sp³-hybridized carbons (Fsp3) is 0.417. The molecule has 1 saturated heterocycles. The highest BCUT2D eigenvalue weighted by Gasteiger charge is 2.35. The van der Waals surface area contributed by atoms with Crippen LogP contribution in [0.25, 0.3) is 0 Å². The zero-order valence-corrected chi connectivity index (χ0v) is 18.1. The maximum absolute atomic E-state index is 13.4. The summed E-state index contributed by atoms with van der Waals surface area (Å²) in [4.78, 5) is 29.7. The molecule has 1 aliphatic rings. The van der Waals surface area contributed by atoms with Crippen molar-refractivity contribution in [3.63, 3.8) is 0 Å². The molecule has 0 bridgehead atoms. The zero-order chi connectivity index (χ0) is 23.1. The van der Waals surface area contributed by atoms with Crippen LogP contribution in [-0.2, 0) is 15.8 Å². The van der Waals surface area contributed by atoms with Gasteiger partial charge < -0.3 is 10.2 Å². The first-order valence-corrected chi connectivity index (χ1v) is 10.8. The van der Waals surface area contributed by atoms with Gasteiger partial charge in [0.15, 0.2) is 0 Å².